The zero-order valence-corrected chi connectivity index (χ0v) is 12.0. The summed E-state index contributed by atoms with van der Waals surface area (Å²) in [5.41, 5.74) is 0. The van der Waals surface area contributed by atoms with E-state index < -0.39 is 0 Å². The Balaban J connectivity index is 1.52. The average molecular weight is 281 g/mol. The van der Waals surface area contributed by atoms with Crippen molar-refractivity contribution in [2.75, 3.05) is 32.9 Å². The van der Waals surface area contributed by atoms with Gasteiger partial charge >= 0.3 is 0 Å². The van der Waals surface area contributed by atoms with Crippen LogP contribution in [0.5, 0.6) is 0 Å². The fourth-order valence-corrected chi connectivity index (χ4v) is 3.02. The van der Waals surface area contributed by atoms with Crippen LogP contribution >= 0.6 is 12.2 Å². The monoisotopic (exact) mass is 281 g/mol. The van der Waals surface area contributed by atoms with Gasteiger partial charge in [-0.3, -0.25) is 4.90 Å². The van der Waals surface area contributed by atoms with E-state index in [2.05, 4.69) is 20.0 Å². The lowest BCUT2D eigenvalue weighted by molar-refractivity contribution is 0.154. The van der Waals surface area contributed by atoms with Crippen molar-refractivity contribution in [3.63, 3.8) is 0 Å². The van der Waals surface area contributed by atoms with Crippen LogP contribution < -0.4 is 0 Å². The number of hydrogen-bond acceptors (Lipinski definition) is 5. The molecular formula is C12H19N5OS. The molecular weight excluding hydrogens is 262 g/mol. The van der Waals surface area contributed by atoms with Gasteiger partial charge in [0.05, 0.1) is 13.2 Å². The van der Waals surface area contributed by atoms with E-state index in [0.717, 1.165) is 51.6 Å². The number of rotatable bonds is 3. The van der Waals surface area contributed by atoms with Crippen LogP contribution in [0.4, 0.5) is 0 Å². The lowest BCUT2D eigenvalue weighted by Crippen LogP contribution is -2.42. The molecule has 1 aromatic heterocycles. The molecule has 0 atom stereocenters. The van der Waals surface area contributed by atoms with Crippen molar-refractivity contribution in [3.8, 4) is 0 Å². The molecule has 2 aliphatic heterocycles. The standard InChI is InChI=1S/C12H19N5OS/c1-15-8-13-14-11(15)10-2-4-16(5-3-10)9-17-6-7-18-12(17)19/h8,10H,2-7,9H2,1H3. The van der Waals surface area contributed by atoms with Crippen molar-refractivity contribution in [1.29, 1.82) is 0 Å². The van der Waals surface area contributed by atoms with Crippen LogP contribution in [0.3, 0.4) is 0 Å². The van der Waals surface area contributed by atoms with Gasteiger partial charge in [0.1, 0.15) is 18.8 Å². The third kappa shape index (κ3) is 2.71. The molecule has 2 fully saturated rings. The Morgan fingerprint density at radius 1 is 1.37 bits per heavy atom. The highest BCUT2D eigenvalue weighted by Gasteiger charge is 2.26. The van der Waals surface area contributed by atoms with Crippen LogP contribution in [0.1, 0.15) is 24.6 Å². The first-order valence-corrected chi connectivity index (χ1v) is 7.13. The number of ether oxygens (including phenoxy) is 1. The predicted molar refractivity (Wildman–Crippen MR) is 74.7 cm³/mol. The van der Waals surface area contributed by atoms with Crippen molar-refractivity contribution in [2.24, 2.45) is 7.05 Å². The Labute approximate surface area is 118 Å². The minimum atomic E-state index is 0.533. The molecule has 0 aliphatic carbocycles. The van der Waals surface area contributed by atoms with Gasteiger partial charge in [-0.25, -0.2) is 0 Å². The summed E-state index contributed by atoms with van der Waals surface area (Å²) >= 11 is 5.17. The number of piperidine rings is 1. The van der Waals surface area contributed by atoms with E-state index in [9.17, 15) is 0 Å². The Morgan fingerprint density at radius 3 is 2.74 bits per heavy atom. The van der Waals surface area contributed by atoms with Crippen LogP contribution in [0, 0.1) is 0 Å². The van der Waals surface area contributed by atoms with E-state index in [1.165, 1.54) is 0 Å². The molecule has 0 N–H and O–H groups in total. The molecule has 19 heavy (non-hydrogen) atoms. The first-order valence-electron chi connectivity index (χ1n) is 6.72. The Hall–Kier alpha value is -1.21. The van der Waals surface area contributed by atoms with E-state index in [1.807, 2.05) is 11.6 Å². The molecule has 1 aromatic rings. The highest BCUT2D eigenvalue weighted by molar-refractivity contribution is 7.80. The molecule has 6 nitrogen and oxygen atoms in total. The molecule has 0 unspecified atom stereocenters. The lowest BCUT2D eigenvalue weighted by Gasteiger charge is -2.33. The van der Waals surface area contributed by atoms with E-state index in [-0.39, 0.29) is 0 Å². The molecule has 2 aliphatic rings. The van der Waals surface area contributed by atoms with Gasteiger partial charge in [0.15, 0.2) is 0 Å². The maximum atomic E-state index is 5.31. The van der Waals surface area contributed by atoms with Crippen molar-refractivity contribution in [2.45, 2.75) is 18.8 Å². The predicted octanol–water partition coefficient (Wildman–Crippen LogP) is 0.569. The Bertz CT molecular complexity index is 455. The number of aryl methyl sites for hydroxylation is 1. The first kappa shape index (κ1) is 12.8. The molecule has 0 bridgehead atoms. The fourth-order valence-electron chi connectivity index (χ4n) is 2.79. The maximum Gasteiger partial charge on any atom is 0.260 e. The van der Waals surface area contributed by atoms with Crippen molar-refractivity contribution < 1.29 is 4.74 Å². The third-order valence-electron chi connectivity index (χ3n) is 3.91. The Kier molecular flexibility index (Phi) is 3.65. The molecule has 0 amide bonds. The summed E-state index contributed by atoms with van der Waals surface area (Å²) in [6, 6.07) is 0. The van der Waals surface area contributed by atoms with Gasteiger partial charge < -0.3 is 14.2 Å². The molecule has 0 spiro atoms. The highest BCUT2D eigenvalue weighted by Crippen LogP contribution is 2.26. The van der Waals surface area contributed by atoms with Gasteiger partial charge in [-0.1, -0.05) is 0 Å². The van der Waals surface area contributed by atoms with Gasteiger partial charge in [-0.15, -0.1) is 10.2 Å². The summed E-state index contributed by atoms with van der Waals surface area (Å²) in [4.78, 5) is 4.58. The maximum absolute atomic E-state index is 5.31. The van der Waals surface area contributed by atoms with Gasteiger partial charge in [0.25, 0.3) is 5.17 Å². The minimum absolute atomic E-state index is 0.533. The largest absolute Gasteiger partial charge is 0.469 e. The van der Waals surface area contributed by atoms with Crippen LogP contribution in [-0.4, -0.2) is 62.6 Å². The molecule has 0 saturated carbocycles. The van der Waals surface area contributed by atoms with Gasteiger partial charge in [0.2, 0.25) is 0 Å². The highest BCUT2D eigenvalue weighted by atomic mass is 32.1. The summed E-state index contributed by atoms with van der Waals surface area (Å²) in [7, 11) is 2.02. The SMILES string of the molecule is Cn1cnnc1C1CCN(CN2CCOC2=S)CC1. The fraction of sp³-hybridized carbons (Fsp3) is 0.750. The smallest absolute Gasteiger partial charge is 0.260 e. The van der Waals surface area contributed by atoms with Crippen LogP contribution in [0.25, 0.3) is 0 Å². The van der Waals surface area contributed by atoms with Crippen molar-refractivity contribution in [3.05, 3.63) is 12.2 Å². The molecule has 104 valence electrons. The van der Waals surface area contributed by atoms with E-state index in [1.54, 1.807) is 6.33 Å². The van der Waals surface area contributed by atoms with Crippen LogP contribution in [0.15, 0.2) is 6.33 Å². The van der Waals surface area contributed by atoms with Crippen LogP contribution in [-0.2, 0) is 11.8 Å². The summed E-state index contributed by atoms with van der Waals surface area (Å²) in [6.45, 7) is 4.70. The number of thiocarbonyl (C=S) groups is 1. The van der Waals surface area contributed by atoms with E-state index in [4.69, 9.17) is 17.0 Å². The zero-order valence-electron chi connectivity index (χ0n) is 11.2. The molecule has 0 radical (unpaired) electrons. The van der Waals surface area contributed by atoms with Crippen LogP contribution in [0.2, 0.25) is 0 Å². The molecule has 0 aromatic carbocycles. The Morgan fingerprint density at radius 2 is 2.16 bits per heavy atom. The van der Waals surface area contributed by atoms with E-state index >= 15 is 0 Å². The zero-order chi connectivity index (χ0) is 13.2. The molecule has 2 saturated heterocycles. The second kappa shape index (κ2) is 5.42. The van der Waals surface area contributed by atoms with Gasteiger partial charge in [-0.2, -0.15) is 0 Å². The number of nitrogens with zero attached hydrogens (tertiary/aromatic N) is 5. The summed E-state index contributed by atoms with van der Waals surface area (Å²) < 4.78 is 7.34. The van der Waals surface area contributed by atoms with Crippen molar-refractivity contribution in [1.82, 2.24) is 24.6 Å². The molecule has 3 rings (SSSR count). The lowest BCUT2D eigenvalue weighted by atomic mass is 9.96. The van der Waals surface area contributed by atoms with Gasteiger partial charge in [0, 0.05) is 26.1 Å². The molecule has 3 heterocycles. The average Bonchev–Trinajstić information content (AvgIpc) is 3.00. The normalized spacial score (nSPS) is 21.9. The third-order valence-corrected chi connectivity index (χ3v) is 4.29. The van der Waals surface area contributed by atoms with Gasteiger partial charge in [-0.05, 0) is 25.1 Å². The van der Waals surface area contributed by atoms with E-state index in [0.29, 0.717) is 11.1 Å². The minimum Gasteiger partial charge on any atom is -0.469 e. The molecule has 7 heteroatoms. The second-order valence-corrected chi connectivity index (χ2v) is 5.56. The first-order chi connectivity index (χ1) is 9.24. The quantitative estimate of drug-likeness (QED) is 0.755. The topological polar surface area (TPSA) is 46.4 Å². The number of aromatic nitrogens is 3. The summed E-state index contributed by atoms with van der Waals surface area (Å²) in [6.07, 6.45) is 4.05. The second-order valence-electron chi connectivity index (χ2n) is 5.21. The number of likely N-dealkylation sites (tertiary alicyclic amines) is 1. The summed E-state index contributed by atoms with van der Waals surface area (Å²) in [5.74, 6) is 1.64. The number of hydrogen-bond donors (Lipinski definition) is 0. The van der Waals surface area contributed by atoms with Crippen molar-refractivity contribution >= 4 is 17.4 Å². The summed E-state index contributed by atoms with van der Waals surface area (Å²) in [5, 5.41) is 8.84.